The van der Waals surface area contributed by atoms with Crippen molar-refractivity contribution in [1.29, 1.82) is 0 Å². The Labute approximate surface area is 132 Å². The maximum atomic E-state index is 12.7. The van der Waals surface area contributed by atoms with E-state index in [2.05, 4.69) is 15.9 Å². The second-order valence-corrected chi connectivity index (χ2v) is 8.02. The Morgan fingerprint density at radius 1 is 1.35 bits per heavy atom. The largest absolute Gasteiger partial charge is 0.398 e. The van der Waals surface area contributed by atoms with Crippen molar-refractivity contribution < 1.29 is 13.2 Å². The molecule has 0 bridgehead atoms. The second kappa shape index (κ2) is 5.81. The van der Waals surface area contributed by atoms with E-state index in [9.17, 15) is 8.42 Å². The molecule has 20 heavy (non-hydrogen) atoms. The van der Waals surface area contributed by atoms with Crippen LogP contribution in [-0.2, 0) is 14.8 Å². The summed E-state index contributed by atoms with van der Waals surface area (Å²) < 4.78 is 32.8. The summed E-state index contributed by atoms with van der Waals surface area (Å²) in [5, 5.41) is 0.290. The van der Waals surface area contributed by atoms with Crippen LogP contribution < -0.4 is 5.73 Å². The number of hydrogen-bond acceptors (Lipinski definition) is 4. The quantitative estimate of drug-likeness (QED) is 0.796. The van der Waals surface area contributed by atoms with E-state index in [-0.39, 0.29) is 17.1 Å². The Bertz CT molecular complexity index is 613. The van der Waals surface area contributed by atoms with Gasteiger partial charge in [0.25, 0.3) is 0 Å². The third kappa shape index (κ3) is 3.12. The number of anilines is 1. The van der Waals surface area contributed by atoms with Crippen LogP contribution in [0.1, 0.15) is 13.8 Å². The fourth-order valence-electron chi connectivity index (χ4n) is 2.24. The minimum Gasteiger partial charge on any atom is -0.398 e. The lowest BCUT2D eigenvalue weighted by atomic mass is 10.3. The molecule has 0 aliphatic carbocycles. The van der Waals surface area contributed by atoms with Crippen molar-refractivity contribution in [3.05, 3.63) is 21.6 Å². The highest BCUT2D eigenvalue weighted by Crippen LogP contribution is 2.34. The summed E-state index contributed by atoms with van der Waals surface area (Å²) in [5.41, 5.74) is 6.06. The molecular formula is C12H16BrClN2O3S. The molecule has 112 valence electrons. The summed E-state index contributed by atoms with van der Waals surface area (Å²) in [4.78, 5) is 0.0869. The summed E-state index contributed by atoms with van der Waals surface area (Å²) in [6, 6.07) is 2.91. The Morgan fingerprint density at radius 3 is 2.45 bits per heavy atom. The lowest BCUT2D eigenvalue weighted by Crippen LogP contribution is -2.48. The van der Waals surface area contributed by atoms with Crippen LogP contribution in [0, 0.1) is 0 Å². The van der Waals surface area contributed by atoms with Gasteiger partial charge in [-0.15, -0.1) is 0 Å². The molecule has 0 aromatic heterocycles. The van der Waals surface area contributed by atoms with Crippen molar-refractivity contribution in [1.82, 2.24) is 4.31 Å². The summed E-state index contributed by atoms with van der Waals surface area (Å²) in [7, 11) is -3.66. The van der Waals surface area contributed by atoms with Gasteiger partial charge in [-0.05, 0) is 41.9 Å². The zero-order valence-corrected chi connectivity index (χ0v) is 14.3. The summed E-state index contributed by atoms with van der Waals surface area (Å²) >= 11 is 9.14. The van der Waals surface area contributed by atoms with Crippen LogP contribution in [0.2, 0.25) is 5.02 Å². The average Bonchev–Trinajstić information content (AvgIpc) is 2.32. The first-order chi connectivity index (χ1) is 9.21. The van der Waals surface area contributed by atoms with Crippen molar-refractivity contribution in [3.8, 4) is 0 Å². The number of nitrogens with zero attached hydrogens (tertiary/aromatic N) is 1. The van der Waals surface area contributed by atoms with Gasteiger partial charge in [0, 0.05) is 23.8 Å². The van der Waals surface area contributed by atoms with Crippen LogP contribution in [0.15, 0.2) is 21.5 Å². The highest BCUT2D eigenvalue weighted by molar-refractivity contribution is 9.10. The fourth-order valence-corrected chi connectivity index (χ4v) is 5.08. The van der Waals surface area contributed by atoms with E-state index in [1.165, 1.54) is 16.4 Å². The van der Waals surface area contributed by atoms with Crippen LogP contribution in [0.5, 0.6) is 0 Å². The minimum atomic E-state index is -3.66. The predicted molar refractivity (Wildman–Crippen MR) is 82.3 cm³/mol. The predicted octanol–water partition coefficient (Wildman–Crippen LogP) is 2.48. The summed E-state index contributed by atoms with van der Waals surface area (Å²) in [5.74, 6) is 0. The molecule has 1 saturated heterocycles. The summed E-state index contributed by atoms with van der Waals surface area (Å²) in [6.07, 6.45) is -0.298. The number of nitrogen functional groups attached to an aromatic ring is 1. The van der Waals surface area contributed by atoms with E-state index in [1.54, 1.807) is 0 Å². The van der Waals surface area contributed by atoms with Crippen LogP contribution in [0.25, 0.3) is 0 Å². The molecule has 5 nitrogen and oxygen atoms in total. The Balaban J connectivity index is 2.45. The average molecular weight is 384 g/mol. The molecule has 2 N–H and O–H groups in total. The van der Waals surface area contributed by atoms with Crippen molar-refractivity contribution >= 4 is 43.2 Å². The minimum absolute atomic E-state index is 0.0869. The molecule has 0 amide bonds. The molecule has 1 aliphatic rings. The molecule has 0 spiro atoms. The van der Waals surface area contributed by atoms with E-state index in [4.69, 9.17) is 22.1 Å². The van der Waals surface area contributed by atoms with Gasteiger partial charge in [0.2, 0.25) is 10.0 Å². The van der Waals surface area contributed by atoms with E-state index in [0.717, 1.165) is 0 Å². The number of nitrogens with two attached hydrogens (primary N) is 1. The lowest BCUT2D eigenvalue weighted by molar-refractivity contribution is -0.0440. The van der Waals surface area contributed by atoms with Gasteiger partial charge < -0.3 is 10.5 Å². The number of hydrogen-bond donors (Lipinski definition) is 1. The van der Waals surface area contributed by atoms with E-state index in [1.807, 2.05) is 13.8 Å². The highest BCUT2D eigenvalue weighted by Gasteiger charge is 2.33. The first kappa shape index (κ1) is 16.0. The van der Waals surface area contributed by atoms with Crippen molar-refractivity contribution in [2.75, 3.05) is 18.8 Å². The molecule has 0 unspecified atom stereocenters. The van der Waals surface area contributed by atoms with Gasteiger partial charge in [0.05, 0.1) is 21.6 Å². The van der Waals surface area contributed by atoms with Gasteiger partial charge in [-0.3, -0.25) is 0 Å². The van der Waals surface area contributed by atoms with Crippen molar-refractivity contribution in [2.45, 2.75) is 31.0 Å². The number of ether oxygens (including phenoxy) is 1. The lowest BCUT2D eigenvalue weighted by Gasteiger charge is -2.34. The smallest absolute Gasteiger partial charge is 0.244 e. The highest BCUT2D eigenvalue weighted by atomic mass is 79.9. The van der Waals surface area contributed by atoms with E-state index < -0.39 is 10.0 Å². The molecule has 0 radical (unpaired) electrons. The van der Waals surface area contributed by atoms with Crippen molar-refractivity contribution in [3.63, 3.8) is 0 Å². The van der Waals surface area contributed by atoms with E-state index in [0.29, 0.717) is 28.3 Å². The van der Waals surface area contributed by atoms with E-state index >= 15 is 0 Å². The van der Waals surface area contributed by atoms with Gasteiger partial charge in [-0.25, -0.2) is 8.42 Å². The molecule has 0 saturated carbocycles. The topological polar surface area (TPSA) is 72.6 Å². The second-order valence-electron chi connectivity index (χ2n) is 4.89. The monoisotopic (exact) mass is 382 g/mol. The van der Waals surface area contributed by atoms with Crippen molar-refractivity contribution in [2.24, 2.45) is 0 Å². The Hall–Kier alpha value is -0.340. The number of rotatable bonds is 2. The first-order valence-corrected chi connectivity index (χ1v) is 8.73. The van der Waals surface area contributed by atoms with Gasteiger partial charge in [-0.1, -0.05) is 11.6 Å². The van der Waals surface area contributed by atoms with Crippen LogP contribution >= 0.6 is 27.5 Å². The van der Waals surface area contributed by atoms with Gasteiger partial charge >= 0.3 is 0 Å². The molecule has 8 heteroatoms. The van der Waals surface area contributed by atoms with Crippen LogP contribution in [0.4, 0.5) is 5.69 Å². The third-order valence-electron chi connectivity index (χ3n) is 3.04. The first-order valence-electron chi connectivity index (χ1n) is 6.12. The third-order valence-corrected chi connectivity index (χ3v) is 6.26. The fraction of sp³-hybridized carbons (Fsp3) is 0.500. The number of morpholine rings is 1. The molecule has 1 heterocycles. The number of sulfonamides is 1. The molecular weight excluding hydrogens is 368 g/mol. The molecule has 2 atom stereocenters. The van der Waals surface area contributed by atoms with Gasteiger partial charge in [-0.2, -0.15) is 4.31 Å². The van der Waals surface area contributed by atoms with Crippen LogP contribution in [-0.4, -0.2) is 38.0 Å². The molecule has 2 rings (SSSR count). The standard InChI is InChI=1S/C12H16BrClN2O3S/c1-7-5-16(6-8(2)19-7)20(17,18)11-4-9(14)3-10(15)12(11)13/h3-4,7-8H,5-6,15H2,1-2H3/t7-,8+. The zero-order valence-electron chi connectivity index (χ0n) is 11.1. The maximum absolute atomic E-state index is 12.7. The Kier molecular flexibility index (Phi) is 4.66. The number of halogens is 2. The molecule has 1 aliphatic heterocycles. The van der Waals surface area contributed by atoms with Gasteiger partial charge in [0.1, 0.15) is 0 Å². The van der Waals surface area contributed by atoms with Gasteiger partial charge in [0.15, 0.2) is 0 Å². The SMILES string of the molecule is C[C@@H]1CN(S(=O)(=O)c2cc(Cl)cc(N)c2Br)C[C@H](C)O1. The molecule has 1 aromatic carbocycles. The molecule has 1 aromatic rings. The Morgan fingerprint density at radius 2 is 1.90 bits per heavy atom. The van der Waals surface area contributed by atoms with Crippen LogP contribution in [0.3, 0.4) is 0 Å². The zero-order chi connectivity index (χ0) is 15.1. The maximum Gasteiger partial charge on any atom is 0.244 e. The summed E-state index contributed by atoms with van der Waals surface area (Å²) in [6.45, 7) is 4.32. The number of benzene rings is 1. The molecule has 1 fully saturated rings. The normalized spacial score (nSPS) is 24.8.